The molecule has 4 rings (SSSR count). The molecule has 0 aliphatic heterocycles. The van der Waals surface area contributed by atoms with Crippen LogP contribution in [0.4, 0.5) is 0 Å². The van der Waals surface area contributed by atoms with Gasteiger partial charge in [0.25, 0.3) is 0 Å². The summed E-state index contributed by atoms with van der Waals surface area (Å²) >= 11 is 0. The molecule has 0 unspecified atom stereocenters. The monoisotopic (exact) mass is 404 g/mol. The van der Waals surface area contributed by atoms with Gasteiger partial charge in [0, 0.05) is 5.41 Å². The molecule has 0 N–H and O–H groups in total. The van der Waals surface area contributed by atoms with E-state index in [1.54, 1.807) is 7.11 Å². The molecule has 4 heteroatoms. The standard InChI is InChI=1S/C24H40O3Si/c1-16-14-24-15-17(16)9-10-18(24)22(2)11-8-12-23(3,21(25)26-4)19(22)13-20(24)27-28(5,6)7/h17-20H,1,8-15H2,2-7H3/t17-,18+,19+,20+,22+,23-,24+/m1/s1. The smallest absolute Gasteiger partial charge is 0.311 e. The molecule has 4 aliphatic carbocycles. The molecule has 4 fully saturated rings. The van der Waals surface area contributed by atoms with E-state index in [1.807, 2.05) is 0 Å². The third-order valence-corrected chi connectivity index (χ3v) is 10.3. The van der Waals surface area contributed by atoms with Gasteiger partial charge in [-0.2, -0.15) is 0 Å². The third-order valence-electron chi connectivity index (χ3n) is 9.27. The number of methoxy groups -OCH3 is 1. The van der Waals surface area contributed by atoms with Crippen LogP contribution in [0.1, 0.15) is 65.2 Å². The van der Waals surface area contributed by atoms with Crippen LogP contribution in [0.5, 0.6) is 0 Å². The van der Waals surface area contributed by atoms with Crippen LogP contribution in [0.15, 0.2) is 12.2 Å². The maximum absolute atomic E-state index is 13.0. The van der Waals surface area contributed by atoms with Crippen molar-refractivity contribution in [3.63, 3.8) is 0 Å². The second kappa shape index (κ2) is 6.44. The quantitative estimate of drug-likeness (QED) is 0.331. The van der Waals surface area contributed by atoms with E-state index in [0.29, 0.717) is 17.8 Å². The number of carbonyl (C=O) groups excluding carboxylic acids is 1. The van der Waals surface area contributed by atoms with Crippen LogP contribution in [-0.2, 0) is 14.0 Å². The van der Waals surface area contributed by atoms with Crippen LogP contribution < -0.4 is 0 Å². The molecule has 4 aliphatic rings. The highest BCUT2D eigenvalue weighted by atomic mass is 28.4. The number of esters is 1. The minimum absolute atomic E-state index is 0.00403. The van der Waals surface area contributed by atoms with E-state index in [0.717, 1.165) is 25.7 Å². The van der Waals surface area contributed by atoms with Gasteiger partial charge in [0.1, 0.15) is 0 Å². The van der Waals surface area contributed by atoms with Crippen molar-refractivity contribution < 1.29 is 14.0 Å². The predicted molar refractivity (Wildman–Crippen MR) is 115 cm³/mol. The van der Waals surface area contributed by atoms with E-state index in [-0.39, 0.29) is 28.3 Å². The van der Waals surface area contributed by atoms with E-state index < -0.39 is 8.32 Å². The number of rotatable bonds is 3. The van der Waals surface area contributed by atoms with Gasteiger partial charge in [0.2, 0.25) is 0 Å². The second-order valence-electron chi connectivity index (χ2n) is 11.9. The Hall–Kier alpha value is -0.613. The van der Waals surface area contributed by atoms with E-state index in [2.05, 4.69) is 40.1 Å². The number of allylic oxidation sites excluding steroid dienone is 1. The SMILES string of the molecule is C=C1C[C@]23C[C@H]1CC[C@H]2[C@]1(C)CCC[C@@](C)(C(=O)OC)[C@H]1C[C@@H]3O[Si](C)(C)C. The average molecular weight is 405 g/mol. The van der Waals surface area contributed by atoms with Crippen LogP contribution in [0.2, 0.25) is 19.6 Å². The zero-order valence-electron chi connectivity index (χ0n) is 18.9. The molecule has 28 heavy (non-hydrogen) atoms. The van der Waals surface area contributed by atoms with E-state index >= 15 is 0 Å². The Kier molecular flexibility index (Phi) is 4.75. The van der Waals surface area contributed by atoms with Gasteiger partial charge in [0.05, 0.1) is 18.6 Å². The highest BCUT2D eigenvalue weighted by Crippen LogP contribution is 2.72. The zero-order valence-corrected chi connectivity index (χ0v) is 19.9. The minimum Gasteiger partial charge on any atom is -0.469 e. The van der Waals surface area contributed by atoms with Crippen molar-refractivity contribution in [1.29, 1.82) is 0 Å². The van der Waals surface area contributed by atoms with Crippen molar-refractivity contribution in [3.8, 4) is 0 Å². The predicted octanol–water partition coefficient (Wildman–Crippen LogP) is 5.96. The fourth-order valence-corrected chi connectivity index (χ4v) is 9.49. The van der Waals surface area contributed by atoms with Crippen molar-refractivity contribution in [2.45, 2.75) is 91.0 Å². The second-order valence-corrected chi connectivity index (χ2v) is 16.3. The van der Waals surface area contributed by atoms with Crippen molar-refractivity contribution in [2.24, 2.45) is 34.0 Å². The first-order valence-corrected chi connectivity index (χ1v) is 14.8. The lowest BCUT2D eigenvalue weighted by Gasteiger charge is -2.66. The van der Waals surface area contributed by atoms with E-state index in [4.69, 9.17) is 9.16 Å². The van der Waals surface area contributed by atoms with Gasteiger partial charge in [-0.05, 0) is 94.7 Å². The highest BCUT2D eigenvalue weighted by Gasteiger charge is 2.68. The van der Waals surface area contributed by atoms with Gasteiger partial charge in [0.15, 0.2) is 8.32 Å². The molecule has 0 amide bonds. The van der Waals surface area contributed by atoms with Crippen LogP contribution >= 0.6 is 0 Å². The van der Waals surface area contributed by atoms with Crippen molar-refractivity contribution >= 4 is 14.3 Å². The number of hydrogen-bond acceptors (Lipinski definition) is 3. The summed E-state index contributed by atoms with van der Waals surface area (Å²) in [5, 5.41) is 0. The van der Waals surface area contributed by atoms with E-state index in [1.165, 1.54) is 31.3 Å². The van der Waals surface area contributed by atoms with Crippen molar-refractivity contribution in [1.82, 2.24) is 0 Å². The Morgan fingerprint density at radius 2 is 1.86 bits per heavy atom. The molecular weight excluding hydrogens is 364 g/mol. The first kappa shape index (κ1) is 20.7. The number of ether oxygens (including phenoxy) is 1. The minimum atomic E-state index is -1.70. The van der Waals surface area contributed by atoms with Gasteiger partial charge in [-0.25, -0.2) is 0 Å². The first-order valence-electron chi connectivity index (χ1n) is 11.4. The molecule has 0 saturated heterocycles. The largest absolute Gasteiger partial charge is 0.469 e. The van der Waals surface area contributed by atoms with Gasteiger partial charge in [-0.3, -0.25) is 4.79 Å². The Morgan fingerprint density at radius 3 is 2.50 bits per heavy atom. The summed E-state index contributed by atoms with van der Waals surface area (Å²) in [5.74, 6) is 1.68. The molecule has 0 aromatic carbocycles. The fraction of sp³-hybridized carbons (Fsp3) is 0.875. The normalized spacial score (nSPS) is 48.0. The lowest BCUT2D eigenvalue weighted by atomic mass is 9.40. The van der Waals surface area contributed by atoms with Crippen LogP contribution in [0, 0.1) is 34.0 Å². The molecule has 2 bridgehead atoms. The topological polar surface area (TPSA) is 35.5 Å². The summed E-state index contributed by atoms with van der Waals surface area (Å²) < 4.78 is 12.3. The van der Waals surface area contributed by atoms with Crippen LogP contribution in [-0.4, -0.2) is 27.5 Å². The zero-order chi connectivity index (χ0) is 20.5. The molecule has 0 aromatic heterocycles. The molecule has 3 nitrogen and oxygen atoms in total. The summed E-state index contributed by atoms with van der Waals surface area (Å²) in [6.07, 6.45) is 9.59. The van der Waals surface area contributed by atoms with Crippen molar-refractivity contribution in [3.05, 3.63) is 12.2 Å². The molecule has 0 radical (unpaired) electrons. The lowest BCUT2D eigenvalue weighted by Crippen LogP contribution is -2.64. The Bertz CT molecular complexity index is 682. The summed E-state index contributed by atoms with van der Waals surface area (Å²) in [7, 11) is -0.135. The molecule has 0 aromatic rings. The van der Waals surface area contributed by atoms with Gasteiger partial charge in [-0.1, -0.05) is 25.5 Å². The lowest BCUT2D eigenvalue weighted by molar-refractivity contribution is -0.206. The van der Waals surface area contributed by atoms with Crippen LogP contribution in [0.3, 0.4) is 0 Å². The maximum atomic E-state index is 13.0. The molecule has 1 spiro atoms. The number of fused-ring (bicyclic) bond motifs is 3. The van der Waals surface area contributed by atoms with Gasteiger partial charge >= 0.3 is 5.97 Å². The highest BCUT2D eigenvalue weighted by molar-refractivity contribution is 6.69. The Balaban J connectivity index is 1.81. The summed E-state index contributed by atoms with van der Waals surface area (Å²) in [6.45, 7) is 16.1. The average Bonchev–Trinajstić information content (AvgIpc) is 2.85. The molecule has 7 atom stereocenters. The Morgan fingerprint density at radius 1 is 1.14 bits per heavy atom. The summed E-state index contributed by atoms with van der Waals surface area (Å²) in [5.41, 5.74) is 1.55. The summed E-state index contributed by atoms with van der Waals surface area (Å²) in [6, 6.07) is 0. The molecule has 4 saturated carbocycles. The maximum Gasteiger partial charge on any atom is 0.311 e. The molecule has 0 heterocycles. The van der Waals surface area contributed by atoms with Crippen molar-refractivity contribution in [2.75, 3.05) is 7.11 Å². The Labute approximate surface area is 172 Å². The van der Waals surface area contributed by atoms with Gasteiger partial charge in [-0.15, -0.1) is 0 Å². The van der Waals surface area contributed by atoms with Gasteiger partial charge < -0.3 is 9.16 Å². The number of hydrogen-bond donors (Lipinski definition) is 0. The third kappa shape index (κ3) is 2.80. The molecular formula is C24H40O3Si. The molecule has 158 valence electrons. The van der Waals surface area contributed by atoms with E-state index in [9.17, 15) is 4.79 Å². The fourth-order valence-electron chi connectivity index (χ4n) is 8.30. The first-order chi connectivity index (χ1) is 13.0. The number of carbonyl (C=O) groups is 1. The van der Waals surface area contributed by atoms with Crippen LogP contribution in [0.25, 0.3) is 0 Å². The summed E-state index contributed by atoms with van der Waals surface area (Å²) in [4.78, 5) is 13.0.